The maximum atomic E-state index is 8.12. The second kappa shape index (κ2) is 3.86. The van der Waals surface area contributed by atoms with Crippen LogP contribution in [0.4, 0.5) is 11.5 Å². The summed E-state index contributed by atoms with van der Waals surface area (Å²) in [4.78, 5) is 3.80. The van der Waals surface area contributed by atoms with Crippen LogP contribution >= 0.6 is 0 Å². The third-order valence-electron chi connectivity index (χ3n) is 1.58. The molecular weight excluding hydrogens is 174 g/mol. The van der Waals surface area contributed by atoms with Crippen LogP contribution in [0.1, 0.15) is 36.0 Å². The molecule has 1 aromatic rings. The van der Waals surface area contributed by atoms with E-state index in [1.54, 1.807) is 0 Å². The summed E-state index contributed by atoms with van der Waals surface area (Å²) in [6, 6.07) is 2.31. The van der Waals surface area contributed by atoms with E-state index in [9.17, 15) is 0 Å². The van der Waals surface area contributed by atoms with Crippen molar-refractivity contribution >= 4 is 11.5 Å². The van der Waals surface area contributed by atoms with Gasteiger partial charge in [0.05, 0.1) is 0 Å². The Kier molecular flexibility index (Phi) is 0.732. The number of nitrogens with two attached hydrogens (primary N) is 1. The Morgan fingerprint density at radius 3 is 3.14 bits per heavy atom. The molecule has 2 N–H and O–H groups in total. The minimum atomic E-state index is -3.75. The molecule has 3 heteroatoms. The minimum absolute atomic E-state index is 0.0289. The predicted octanol–water partition coefficient (Wildman–Crippen LogP) is 1.90. The fourth-order valence-electron chi connectivity index (χ4n) is 0.954. The normalized spacial score (nSPS) is 48.7. The van der Waals surface area contributed by atoms with Gasteiger partial charge in [0.2, 0.25) is 0 Å². The minimum Gasteiger partial charge on any atom is -0.399 e. The number of nitrogens with zero attached hydrogens (tertiary/aromatic N) is 2. The van der Waals surface area contributed by atoms with Crippen LogP contribution in [-0.2, 0) is 0 Å². The standard InChI is InChI=1S/C11H17N3/c1-9-3-6-14(7-4-9)11-8-10(12)2-5-13-11/h2,5,8-9H,3-4,6-7H2,1H3,(H2,12,13)/i1D3,3D2,4D2,6D2,7D2,9D. The quantitative estimate of drug-likeness (QED) is 0.758. The predicted molar refractivity (Wildman–Crippen MR) is 59.3 cm³/mol. The van der Waals surface area contributed by atoms with E-state index >= 15 is 0 Å². The van der Waals surface area contributed by atoms with E-state index in [0.717, 1.165) is 12.3 Å². The van der Waals surface area contributed by atoms with Gasteiger partial charge in [-0.05, 0) is 24.7 Å². The van der Waals surface area contributed by atoms with E-state index in [0.29, 0.717) is 0 Å². The lowest BCUT2D eigenvalue weighted by atomic mass is 9.99. The summed E-state index contributed by atoms with van der Waals surface area (Å²) in [6.07, 6.45) is -6.23. The number of hydrogen-bond donors (Lipinski definition) is 1. The van der Waals surface area contributed by atoms with Crippen molar-refractivity contribution in [2.24, 2.45) is 5.89 Å². The summed E-state index contributed by atoms with van der Waals surface area (Å²) in [7, 11) is 0. The van der Waals surface area contributed by atoms with Gasteiger partial charge in [0, 0.05) is 47.4 Å². The summed E-state index contributed by atoms with van der Waals surface area (Å²) < 4.78 is 95.2. The summed E-state index contributed by atoms with van der Waals surface area (Å²) in [6.45, 7) is -10.6. The largest absolute Gasteiger partial charge is 0.399 e. The Morgan fingerprint density at radius 1 is 1.71 bits per heavy atom. The lowest BCUT2D eigenvalue weighted by Crippen LogP contribution is -2.33. The topological polar surface area (TPSA) is 42.1 Å². The molecule has 0 radical (unpaired) electrons. The first-order chi connectivity index (χ1) is 11.4. The zero-order chi connectivity index (χ0) is 20.6. The van der Waals surface area contributed by atoms with Gasteiger partial charge in [-0.25, -0.2) is 4.98 Å². The van der Waals surface area contributed by atoms with Gasteiger partial charge < -0.3 is 10.6 Å². The molecule has 0 saturated carbocycles. The van der Waals surface area contributed by atoms with Crippen LogP contribution in [0, 0.1) is 5.89 Å². The monoisotopic (exact) mass is 203 g/mol. The van der Waals surface area contributed by atoms with Crippen LogP contribution in [0.25, 0.3) is 0 Å². The van der Waals surface area contributed by atoms with E-state index in [1.807, 2.05) is 0 Å². The highest BCUT2D eigenvalue weighted by Crippen LogP contribution is 2.21. The molecule has 1 aliphatic heterocycles. The molecule has 1 saturated heterocycles. The van der Waals surface area contributed by atoms with Gasteiger partial charge in [-0.1, -0.05) is 6.85 Å². The molecule has 2 heterocycles. The number of piperidine rings is 1. The molecular formula is C11H17N3. The second-order valence-electron chi connectivity index (χ2n) is 2.63. The van der Waals surface area contributed by atoms with E-state index < -0.39 is 44.3 Å². The van der Waals surface area contributed by atoms with Gasteiger partial charge in [0.15, 0.2) is 0 Å². The molecule has 1 aromatic heterocycles. The Morgan fingerprint density at radius 2 is 2.50 bits per heavy atom. The lowest BCUT2D eigenvalue weighted by Gasteiger charge is -2.31. The zero-order valence-corrected chi connectivity index (χ0v) is 7.20. The number of anilines is 2. The molecule has 76 valence electrons. The SMILES string of the molecule is [2H]C([2H])([2H])C1([2H])C([2H])([2H])C([2H])([2H])N(c2cc(N)ccn2)C([2H])([2H])C1([2H])[2H]. The number of pyridine rings is 1. The third kappa shape index (κ3) is 1.97. The average molecular weight is 203 g/mol. The Balaban J connectivity index is 2.89. The summed E-state index contributed by atoms with van der Waals surface area (Å²) in [5, 5.41) is 0. The van der Waals surface area contributed by atoms with Crippen molar-refractivity contribution in [3.63, 3.8) is 0 Å². The molecule has 0 bridgehead atoms. The molecule has 0 aliphatic carbocycles. The van der Waals surface area contributed by atoms with Crippen molar-refractivity contribution < 1.29 is 16.4 Å². The Bertz CT molecular complexity index is 685. The van der Waals surface area contributed by atoms with Gasteiger partial charge in [-0.2, -0.15) is 0 Å². The number of rotatable bonds is 1. The summed E-state index contributed by atoms with van der Waals surface area (Å²) >= 11 is 0. The molecule has 3 nitrogen and oxygen atoms in total. The Hall–Kier alpha value is -1.25. The first-order valence-electron chi connectivity index (χ1n) is 9.89. The highest BCUT2D eigenvalue weighted by Gasteiger charge is 2.16. The zero-order valence-electron chi connectivity index (χ0n) is 19.2. The van der Waals surface area contributed by atoms with Gasteiger partial charge in [0.1, 0.15) is 5.82 Å². The molecule has 0 spiro atoms. The summed E-state index contributed by atoms with van der Waals surface area (Å²) in [5.74, 6) is -4.28. The maximum absolute atomic E-state index is 8.12. The highest BCUT2D eigenvalue weighted by atomic mass is 15.2. The number of hydrogen-bond acceptors (Lipinski definition) is 3. The van der Waals surface area contributed by atoms with Crippen LogP contribution in [0.5, 0.6) is 0 Å². The molecule has 2 rings (SSSR count). The van der Waals surface area contributed by atoms with Crippen molar-refractivity contribution in [1.29, 1.82) is 0 Å². The van der Waals surface area contributed by atoms with Gasteiger partial charge in [-0.3, -0.25) is 0 Å². The molecule has 0 amide bonds. The van der Waals surface area contributed by atoms with E-state index in [-0.39, 0.29) is 10.6 Å². The van der Waals surface area contributed by atoms with Crippen molar-refractivity contribution in [3.05, 3.63) is 18.3 Å². The molecule has 14 heavy (non-hydrogen) atoms. The van der Waals surface area contributed by atoms with Crippen molar-refractivity contribution in [3.8, 4) is 0 Å². The number of aromatic nitrogens is 1. The molecule has 0 atom stereocenters. The summed E-state index contributed by atoms with van der Waals surface area (Å²) in [5.41, 5.74) is 5.60. The molecule has 1 aliphatic rings. The van der Waals surface area contributed by atoms with Crippen LogP contribution in [0.3, 0.4) is 0 Å². The first-order valence-corrected chi connectivity index (χ1v) is 3.89. The fourth-order valence-corrected chi connectivity index (χ4v) is 0.954. The van der Waals surface area contributed by atoms with Gasteiger partial charge in [-0.15, -0.1) is 0 Å². The fraction of sp³-hybridized carbons (Fsp3) is 0.545. The Labute approximate surface area is 102 Å². The van der Waals surface area contributed by atoms with Crippen molar-refractivity contribution in [2.75, 3.05) is 23.6 Å². The molecule has 0 aromatic carbocycles. The van der Waals surface area contributed by atoms with Crippen LogP contribution in [-0.4, -0.2) is 18.0 Å². The van der Waals surface area contributed by atoms with E-state index in [2.05, 4.69) is 4.98 Å². The van der Waals surface area contributed by atoms with Crippen molar-refractivity contribution in [1.82, 2.24) is 4.98 Å². The van der Waals surface area contributed by atoms with Crippen LogP contribution in [0.15, 0.2) is 18.3 Å². The van der Waals surface area contributed by atoms with Crippen LogP contribution in [0.2, 0.25) is 0 Å². The smallest absolute Gasteiger partial charge is 0.130 e. The van der Waals surface area contributed by atoms with Gasteiger partial charge >= 0.3 is 0 Å². The van der Waals surface area contributed by atoms with Crippen molar-refractivity contribution in [2.45, 2.75) is 19.6 Å². The van der Waals surface area contributed by atoms with Crippen LogP contribution < -0.4 is 10.6 Å². The first kappa shape index (κ1) is 2.65. The van der Waals surface area contributed by atoms with E-state index in [4.69, 9.17) is 22.2 Å². The van der Waals surface area contributed by atoms with Gasteiger partial charge in [0.25, 0.3) is 0 Å². The maximum Gasteiger partial charge on any atom is 0.130 e. The average Bonchev–Trinajstić information content (AvgIpc) is 2.42. The molecule has 1 fully saturated rings. The lowest BCUT2D eigenvalue weighted by molar-refractivity contribution is 0.436. The second-order valence-corrected chi connectivity index (χ2v) is 2.63. The highest BCUT2D eigenvalue weighted by molar-refractivity contribution is 5.50. The number of nitrogen functional groups attached to an aromatic ring is 1. The third-order valence-corrected chi connectivity index (χ3v) is 1.58. The van der Waals surface area contributed by atoms with E-state index in [1.165, 1.54) is 6.07 Å². The molecule has 0 unspecified atom stereocenters.